The van der Waals surface area contributed by atoms with Crippen LogP contribution >= 0.6 is 0 Å². The van der Waals surface area contributed by atoms with E-state index in [1.165, 1.54) is 7.11 Å². The predicted octanol–water partition coefficient (Wildman–Crippen LogP) is 1.58. The van der Waals surface area contributed by atoms with E-state index in [0.717, 1.165) is 0 Å². The van der Waals surface area contributed by atoms with Gasteiger partial charge in [-0.1, -0.05) is 12.1 Å². The highest BCUT2D eigenvalue weighted by Gasteiger charge is 2.21. The van der Waals surface area contributed by atoms with E-state index in [-0.39, 0.29) is 17.6 Å². The normalized spacial score (nSPS) is 12.8. The van der Waals surface area contributed by atoms with Gasteiger partial charge >= 0.3 is 0 Å². The Morgan fingerprint density at radius 2 is 1.89 bits per heavy atom. The molecule has 0 saturated carbocycles. The summed E-state index contributed by atoms with van der Waals surface area (Å²) < 4.78 is 29.3. The number of hydrogen-bond acceptors (Lipinski definition) is 4. The standard InChI is InChI=1S/C13H20FNO3/c1-15-10(13(17-3)18-4)8-9-6-5-7-11(16-2)12(9)14/h5-7,10,13,15H,8H2,1-4H3. The topological polar surface area (TPSA) is 39.7 Å². The molecule has 0 amide bonds. The number of benzene rings is 1. The summed E-state index contributed by atoms with van der Waals surface area (Å²) in [6.45, 7) is 0. The van der Waals surface area contributed by atoms with E-state index in [9.17, 15) is 4.39 Å². The van der Waals surface area contributed by atoms with Crippen LogP contribution in [0, 0.1) is 5.82 Å². The van der Waals surface area contributed by atoms with Crippen molar-refractivity contribution in [2.75, 3.05) is 28.4 Å². The number of ether oxygens (including phenoxy) is 3. The molecule has 0 aromatic heterocycles. The summed E-state index contributed by atoms with van der Waals surface area (Å²) in [5.41, 5.74) is 0.563. The molecule has 0 aliphatic heterocycles. The molecule has 1 aromatic rings. The number of nitrogens with one attached hydrogen (secondary N) is 1. The molecule has 0 radical (unpaired) electrons. The molecule has 0 bridgehead atoms. The first-order chi connectivity index (χ1) is 8.67. The smallest absolute Gasteiger partial charge is 0.172 e. The van der Waals surface area contributed by atoms with Crippen LogP contribution in [-0.4, -0.2) is 40.7 Å². The minimum atomic E-state index is -0.430. The lowest BCUT2D eigenvalue weighted by atomic mass is 10.0. The average Bonchev–Trinajstić information content (AvgIpc) is 2.40. The van der Waals surface area contributed by atoms with Gasteiger partial charge in [0.15, 0.2) is 17.9 Å². The van der Waals surface area contributed by atoms with Crippen molar-refractivity contribution in [2.45, 2.75) is 18.8 Å². The van der Waals surface area contributed by atoms with Gasteiger partial charge in [-0.2, -0.15) is 0 Å². The first kappa shape index (κ1) is 14.9. The van der Waals surface area contributed by atoms with Crippen molar-refractivity contribution in [2.24, 2.45) is 0 Å². The largest absolute Gasteiger partial charge is 0.494 e. The lowest BCUT2D eigenvalue weighted by molar-refractivity contribution is -0.121. The molecular formula is C13H20FNO3. The molecule has 102 valence electrons. The molecule has 1 aromatic carbocycles. The Labute approximate surface area is 107 Å². The second-order valence-corrected chi connectivity index (χ2v) is 3.87. The van der Waals surface area contributed by atoms with Gasteiger partial charge in [0, 0.05) is 14.2 Å². The molecule has 0 aliphatic rings. The maximum atomic E-state index is 14.0. The van der Waals surface area contributed by atoms with Crippen molar-refractivity contribution >= 4 is 0 Å². The van der Waals surface area contributed by atoms with Crippen LogP contribution in [-0.2, 0) is 15.9 Å². The second kappa shape index (κ2) is 7.31. The first-order valence-corrected chi connectivity index (χ1v) is 5.72. The van der Waals surface area contributed by atoms with Crippen molar-refractivity contribution < 1.29 is 18.6 Å². The minimum Gasteiger partial charge on any atom is -0.494 e. The summed E-state index contributed by atoms with van der Waals surface area (Å²) >= 11 is 0. The molecule has 0 heterocycles. The molecule has 0 spiro atoms. The Bertz CT molecular complexity index is 369. The summed E-state index contributed by atoms with van der Waals surface area (Å²) in [5.74, 6) is -0.0973. The predicted molar refractivity (Wildman–Crippen MR) is 67.3 cm³/mol. The minimum absolute atomic E-state index is 0.137. The third-order valence-corrected chi connectivity index (χ3v) is 2.87. The van der Waals surface area contributed by atoms with Gasteiger partial charge in [-0.25, -0.2) is 4.39 Å². The molecule has 4 nitrogen and oxygen atoms in total. The van der Waals surface area contributed by atoms with Gasteiger partial charge in [-0.15, -0.1) is 0 Å². The maximum absolute atomic E-state index is 14.0. The fourth-order valence-corrected chi connectivity index (χ4v) is 1.87. The van der Waals surface area contributed by atoms with Gasteiger partial charge < -0.3 is 19.5 Å². The summed E-state index contributed by atoms with van der Waals surface area (Å²) in [5, 5.41) is 3.06. The fraction of sp³-hybridized carbons (Fsp3) is 0.538. The molecule has 1 rings (SSSR count). The molecule has 0 aliphatic carbocycles. The van der Waals surface area contributed by atoms with Crippen molar-refractivity contribution in [3.63, 3.8) is 0 Å². The number of rotatable bonds is 7. The molecule has 1 unspecified atom stereocenters. The third-order valence-electron chi connectivity index (χ3n) is 2.87. The van der Waals surface area contributed by atoms with Crippen LogP contribution in [0.25, 0.3) is 0 Å². The highest BCUT2D eigenvalue weighted by molar-refractivity contribution is 5.31. The molecule has 1 N–H and O–H groups in total. The van der Waals surface area contributed by atoms with Gasteiger partial charge in [0.05, 0.1) is 13.2 Å². The SMILES string of the molecule is CNC(Cc1cccc(OC)c1F)C(OC)OC. The summed E-state index contributed by atoms with van der Waals surface area (Å²) in [4.78, 5) is 0. The molecule has 5 heteroatoms. The van der Waals surface area contributed by atoms with Crippen molar-refractivity contribution in [3.05, 3.63) is 29.6 Å². The van der Waals surface area contributed by atoms with E-state index >= 15 is 0 Å². The van der Waals surface area contributed by atoms with Crippen molar-refractivity contribution in [1.82, 2.24) is 5.32 Å². The number of hydrogen-bond donors (Lipinski definition) is 1. The average molecular weight is 257 g/mol. The van der Waals surface area contributed by atoms with E-state index in [1.807, 2.05) is 0 Å². The van der Waals surface area contributed by atoms with E-state index in [2.05, 4.69) is 5.32 Å². The van der Waals surface area contributed by atoms with Crippen LogP contribution in [0.15, 0.2) is 18.2 Å². The number of halogens is 1. The summed E-state index contributed by atoms with van der Waals surface area (Å²) in [7, 11) is 6.35. The van der Waals surface area contributed by atoms with Crippen LogP contribution in [0.3, 0.4) is 0 Å². The first-order valence-electron chi connectivity index (χ1n) is 5.72. The van der Waals surface area contributed by atoms with Crippen LogP contribution in [0.1, 0.15) is 5.56 Å². The monoisotopic (exact) mass is 257 g/mol. The Hall–Kier alpha value is -1.17. The van der Waals surface area contributed by atoms with Gasteiger partial charge in [0.25, 0.3) is 0 Å². The van der Waals surface area contributed by atoms with Crippen LogP contribution < -0.4 is 10.1 Å². The zero-order valence-corrected chi connectivity index (χ0v) is 11.2. The lowest BCUT2D eigenvalue weighted by Crippen LogP contribution is -2.41. The highest BCUT2D eigenvalue weighted by atomic mass is 19.1. The van der Waals surface area contributed by atoms with E-state index in [4.69, 9.17) is 14.2 Å². The molecular weight excluding hydrogens is 237 g/mol. The van der Waals surface area contributed by atoms with Crippen LogP contribution in [0.4, 0.5) is 4.39 Å². The van der Waals surface area contributed by atoms with Gasteiger partial charge in [0.1, 0.15) is 0 Å². The van der Waals surface area contributed by atoms with E-state index < -0.39 is 6.29 Å². The third kappa shape index (κ3) is 3.41. The highest BCUT2D eigenvalue weighted by Crippen LogP contribution is 2.21. The van der Waals surface area contributed by atoms with Crippen LogP contribution in [0.5, 0.6) is 5.75 Å². The fourth-order valence-electron chi connectivity index (χ4n) is 1.87. The van der Waals surface area contributed by atoms with Crippen LogP contribution in [0.2, 0.25) is 0 Å². The lowest BCUT2D eigenvalue weighted by Gasteiger charge is -2.24. The molecule has 0 fully saturated rings. The zero-order chi connectivity index (χ0) is 13.5. The summed E-state index contributed by atoms with van der Waals surface area (Å²) in [6.07, 6.45) is 0.0203. The Kier molecular flexibility index (Phi) is 6.04. The zero-order valence-electron chi connectivity index (χ0n) is 11.2. The van der Waals surface area contributed by atoms with Gasteiger partial charge in [-0.3, -0.25) is 0 Å². The summed E-state index contributed by atoms with van der Waals surface area (Å²) in [6, 6.07) is 4.95. The molecule has 1 atom stereocenters. The van der Waals surface area contributed by atoms with Gasteiger partial charge in [-0.05, 0) is 25.1 Å². The Morgan fingerprint density at radius 3 is 2.39 bits per heavy atom. The second-order valence-electron chi connectivity index (χ2n) is 3.87. The Balaban J connectivity index is 2.88. The number of likely N-dealkylation sites (N-methyl/N-ethyl adjacent to an activating group) is 1. The quantitative estimate of drug-likeness (QED) is 0.753. The van der Waals surface area contributed by atoms with E-state index in [0.29, 0.717) is 12.0 Å². The van der Waals surface area contributed by atoms with E-state index in [1.54, 1.807) is 39.5 Å². The van der Waals surface area contributed by atoms with Crippen molar-refractivity contribution in [3.8, 4) is 5.75 Å². The number of methoxy groups -OCH3 is 3. The van der Waals surface area contributed by atoms with Crippen molar-refractivity contribution in [1.29, 1.82) is 0 Å². The van der Waals surface area contributed by atoms with Gasteiger partial charge in [0.2, 0.25) is 0 Å². The molecule has 18 heavy (non-hydrogen) atoms. The molecule has 0 saturated heterocycles. The maximum Gasteiger partial charge on any atom is 0.172 e. The Morgan fingerprint density at radius 1 is 1.22 bits per heavy atom.